The van der Waals surface area contributed by atoms with Gasteiger partial charge in [-0.25, -0.2) is 0 Å². The van der Waals surface area contributed by atoms with Crippen molar-refractivity contribution in [3.8, 4) is 0 Å². The maximum absolute atomic E-state index is 12.6. The Morgan fingerprint density at radius 3 is 2.29 bits per heavy atom. The smallest absolute Gasteiger partial charge is 0.255 e. The second-order valence-electron chi connectivity index (χ2n) is 6.44. The van der Waals surface area contributed by atoms with Gasteiger partial charge in [-0.05, 0) is 43.9 Å². The van der Waals surface area contributed by atoms with E-state index in [4.69, 9.17) is 27.6 Å². The number of halogens is 2. The van der Waals surface area contributed by atoms with Crippen molar-refractivity contribution >= 4 is 29.1 Å². The van der Waals surface area contributed by atoms with Gasteiger partial charge in [-0.2, -0.15) is 0 Å². The van der Waals surface area contributed by atoms with Crippen molar-refractivity contribution in [3.05, 3.63) is 45.6 Å². The van der Waals surface area contributed by atoms with Crippen LogP contribution < -0.4 is 0 Å². The Morgan fingerprint density at radius 2 is 1.67 bits per heavy atom. The molecule has 0 unspecified atom stereocenters. The molecule has 2 aliphatic rings. The minimum atomic E-state index is -0.0786. The maximum Gasteiger partial charge on any atom is 0.255 e. The van der Waals surface area contributed by atoms with Gasteiger partial charge in [-0.1, -0.05) is 23.2 Å². The summed E-state index contributed by atoms with van der Waals surface area (Å²) >= 11 is 12.1. The van der Waals surface area contributed by atoms with E-state index < -0.39 is 0 Å². The summed E-state index contributed by atoms with van der Waals surface area (Å²) in [6.07, 6.45) is 3.93. The van der Waals surface area contributed by atoms with Crippen molar-refractivity contribution in [2.24, 2.45) is 0 Å². The normalized spacial score (nSPS) is 18.8. The van der Waals surface area contributed by atoms with Gasteiger partial charge in [0.05, 0.1) is 10.6 Å². The SMILES string of the molecule is O=C(c1cc(Cl)ccc1Cl)N1CCC(c2nnc(C3CC3)o2)CC1. The van der Waals surface area contributed by atoms with Crippen molar-refractivity contribution in [2.75, 3.05) is 13.1 Å². The van der Waals surface area contributed by atoms with Crippen LogP contribution in [0.4, 0.5) is 0 Å². The molecule has 1 aromatic carbocycles. The fourth-order valence-corrected chi connectivity index (χ4v) is 3.44. The molecule has 4 rings (SSSR count). The van der Waals surface area contributed by atoms with Gasteiger partial charge in [-0.3, -0.25) is 4.79 Å². The summed E-state index contributed by atoms with van der Waals surface area (Å²) < 4.78 is 5.80. The fraction of sp³-hybridized carbons (Fsp3) is 0.471. The molecule has 2 aromatic rings. The van der Waals surface area contributed by atoms with Crippen LogP contribution in [0.2, 0.25) is 10.0 Å². The van der Waals surface area contributed by atoms with Gasteiger partial charge in [0.25, 0.3) is 5.91 Å². The molecular formula is C17H17Cl2N3O2. The average Bonchev–Trinajstić information content (AvgIpc) is 3.34. The molecule has 1 aliphatic heterocycles. The third-order valence-corrected chi connectivity index (χ3v) is 5.24. The third-order valence-electron chi connectivity index (χ3n) is 4.67. The van der Waals surface area contributed by atoms with Crippen molar-refractivity contribution in [1.29, 1.82) is 0 Å². The van der Waals surface area contributed by atoms with Crippen molar-refractivity contribution in [3.63, 3.8) is 0 Å². The molecule has 0 bridgehead atoms. The Hall–Kier alpha value is -1.59. The highest BCUT2D eigenvalue weighted by Crippen LogP contribution is 2.40. The van der Waals surface area contributed by atoms with Gasteiger partial charge in [0.2, 0.25) is 11.8 Å². The topological polar surface area (TPSA) is 59.2 Å². The summed E-state index contributed by atoms with van der Waals surface area (Å²) in [5, 5.41) is 9.28. The number of benzene rings is 1. The number of amides is 1. The first-order valence-corrected chi connectivity index (χ1v) is 8.95. The molecule has 24 heavy (non-hydrogen) atoms. The molecule has 2 heterocycles. The zero-order valence-corrected chi connectivity index (χ0v) is 14.6. The summed E-state index contributed by atoms with van der Waals surface area (Å²) in [5.41, 5.74) is 0.455. The molecular weight excluding hydrogens is 349 g/mol. The van der Waals surface area contributed by atoms with E-state index in [0.717, 1.165) is 31.6 Å². The first-order valence-electron chi connectivity index (χ1n) is 8.19. The van der Waals surface area contributed by atoms with Crippen LogP contribution in [-0.2, 0) is 0 Å². The lowest BCUT2D eigenvalue weighted by Gasteiger charge is -2.30. The van der Waals surface area contributed by atoms with E-state index in [2.05, 4.69) is 10.2 Å². The monoisotopic (exact) mass is 365 g/mol. The highest BCUT2D eigenvalue weighted by atomic mass is 35.5. The fourth-order valence-electron chi connectivity index (χ4n) is 3.07. The van der Waals surface area contributed by atoms with Crippen LogP contribution in [0.1, 0.15) is 59.7 Å². The average molecular weight is 366 g/mol. The van der Waals surface area contributed by atoms with E-state index in [-0.39, 0.29) is 11.8 Å². The van der Waals surface area contributed by atoms with E-state index >= 15 is 0 Å². The maximum atomic E-state index is 12.6. The highest BCUT2D eigenvalue weighted by molar-refractivity contribution is 6.35. The molecule has 5 nitrogen and oxygen atoms in total. The Morgan fingerprint density at radius 1 is 1.04 bits per heavy atom. The van der Waals surface area contributed by atoms with Gasteiger partial charge < -0.3 is 9.32 Å². The molecule has 1 saturated heterocycles. The quantitative estimate of drug-likeness (QED) is 0.814. The number of carbonyl (C=O) groups excluding carboxylic acids is 1. The molecule has 126 valence electrons. The predicted molar refractivity (Wildman–Crippen MR) is 90.6 cm³/mol. The second kappa shape index (κ2) is 6.37. The summed E-state index contributed by atoms with van der Waals surface area (Å²) in [7, 11) is 0. The lowest BCUT2D eigenvalue weighted by Crippen LogP contribution is -2.38. The number of rotatable bonds is 3. The summed E-state index contributed by atoms with van der Waals surface area (Å²) in [4.78, 5) is 14.5. The van der Waals surface area contributed by atoms with Crippen molar-refractivity contribution in [2.45, 2.75) is 37.5 Å². The number of carbonyl (C=O) groups is 1. The van der Waals surface area contributed by atoms with Gasteiger partial charge in [0.15, 0.2) is 0 Å². The van der Waals surface area contributed by atoms with Gasteiger partial charge in [-0.15, -0.1) is 10.2 Å². The van der Waals surface area contributed by atoms with Crippen molar-refractivity contribution in [1.82, 2.24) is 15.1 Å². The number of hydrogen-bond donors (Lipinski definition) is 0. The number of hydrogen-bond acceptors (Lipinski definition) is 4. The molecule has 0 spiro atoms. The van der Waals surface area contributed by atoms with Crippen LogP contribution in [0.25, 0.3) is 0 Å². The third kappa shape index (κ3) is 3.15. The van der Waals surface area contributed by atoms with Crippen LogP contribution in [0.15, 0.2) is 22.6 Å². The molecule has 1 saturated carbocycles. The lowest BCUT2D eigenvalue weighted by molar-refractivity contribution is 0.0706. The van der Waals surface area contributed by atoms with E-state index in [0.29, 0.717) is 40.5 Å². The summed E-state index contributed by atoms with van der Waals surface area (Å²) in [5.74, 6) is 2.10. The Bertz CT molecular complexity index is 765. The molecule has 2 fully saturated rings. The molecule has 0 N–H and O–H groups in total. The van der Waals surface area contributed by atoms with E-state index in [1.165, 1.54) is 0 Å². The van der Waals surface area contributed by atoms with Gasteiger partial charge >= 0.3 is 0 Å². The predicted octanol–water partition coefficient (Wildman–Crippen LogP) is 4.27. The highest BCUT2D eigenvalue weighted by Gasteiger charge is 2.32. The standard InChI is InChI=1S/C17H17Cl2N3O2/c18-12-3-4-14(19)13(9-12)17(23)22-7-5-11(6-8-22)16-21-20-15(24-16)10-1-2-10/h3-4,9-11H,1-2,5-8H2. The van der Waals surface area contributed by atoms with Gasteiger partial charge in [0.1, 0.15) is 0 Å². The van der Waals surface area contributed by atoms with E-state index in [1.807, 2.05) is 4.90 Å². The summed E-state index contributed by atoms with van der Waals surface area (Å²) in [6.45, 7) is 1.29. The molecule has 0 radical (unpaired) electrons. The van der Waals surface area contributed by atoms with Crippen LogP contribution in [0, 0.1) is 0 Å². The molecule has 1 amide bonds. The molecule has 0 atom stereocenters. The van der Waals surface area contributed by atoms with E-state index in [9.17, 15) is 4.79 Å². The number of likely N-dealkylation sites (tertiary alicyclic amines) is 1. The van der Waals surface area contributed by atoms with Crippen molar-refractivity contribution < 1.29 is 9.21 Å². The number of aromatic nitrogens is 2. The van der Waals surface area contributed by atoms with Crippen LogP contribution in [0.5, 0.6) is 0 Å². The first-order chi connectivity index (χ1) is 11.6. The molecule has 1 aliphatic carbocycles. The van der Waals surface area contributed by atoms with Crippen LogP contribution in [0.3, 0.4) is 0 Å². The van der Waals surface area contributed by atoms with Crippen LogP contribution in [-0.4, -0.2) is 34.1 Å². The Balaban J connectivity index is 1.41. The first kappa shape index (κ1) is 15.9. The second-order valence-corrected chi connectivity index (χ2v) is 7.29. The summed E-state index contributed by atoms with van der Waals surface area (Å²) in [6, 6.07) is 4.96. The number of piperidine rings is 1. The molecule has 7 heteroatoms. The lowest BCUT2D eigenvalue weighted by atomic mass is 9.96. The minimum Gasteiger partial charge on any atom is -0.425 e. The Labute approximate surface area is 149 Å². The van der Waals surface area contributed by atoms with E-state index in [1.54, 1.807) is 18.2 Å². The Kier molecular flexibility index (Phi) is 4.22. The van der Waals surface area contributed by atoms with Gasteiger partial charge in [0, 0.05) is 29.9 Å². The minimum absolute atomic E-state index is 0.0786. The number of nitrogens with zero attached hydrogens (tertiary/aromatic N) is 3. The zero-order valence-electron chi connectivity index (χ0n) is 13.0. The zero-order chi connectivity index (χ0) is 16.7. The molecule has 1 aromatic heterocycles. The largest absolute Gasteiger partial charge is 0.425 e. The van der Waals surface area contributed by atoms with Crippen LogP contribution >= 0.6 is 23.2 Å².